The monoisotopic (exact) mass is 234 g/mol. The number of rotatable bonds is 2. The second kappa shape index (κ2) is 5.43. The number of hydrogen-bond donors (Lipinski definition) is 1. The third kappa shape index (κ3) is 2.13. The van der Waals surface area contributed by atoms with E-state index in [1.807, 2.05) is 26.2 Å². The van der Waals surface area contributed by atoms with Crippen LogP contribution < -0.4 is 5.73 Å². The van der Waals surface area contributed by atoms with Crippen molar-refractivity contribution in [2.75, 3.05) is 21.1 Å². The summed E-state index contributed by atoms with van der Waals surface area (Å²) in [6.07, 6.45) is 1.92. The van der Waals surface area contributed by atoms with Gasteiger partial charge >= 0.3 is 0 Å². The normalized spacial score (nSPS) is 21.8. The minimum atomic E-state index is -0.378. The molecule has 0 heterocycles. The molecule has 0 bridgehead atoms. The maximum Gasteiger partial charge on any atom is 0.154 e. The van der Waals surface area contributed by atoms with Crippen LogP contribution in [0.5, 0.6) is 0 Å². The number of hydrogen-bond acceptors (Lipinski definition) is 3. The summed E-state index contributed by atoms with van der Waals surface area (Å²) in [5, 5.41) is 0. The van der Waals surface area contributed by atoms with Crippen molar-refractivity contribution in [3.05, 3.63) is 35.4 Å². The van der Waals surface area contributed by atoms with E-state index >= 15 is 0 Å². The van der Waals surface area contributed by atoms with E-state index in [0.29, 0.717) is 0 Å². The van der Waals surface area contributed by atoms with E-state index in [1.165, 1.54) is 18.2 Å². The van der Waals surface area contributed by atoms with Gasteiger partial charge in [0.1, 0.15) is 5.54 Å². The summed E-state index contributed by atoms with van der Waals surface area (Å²) in [5.74, 6) is 0.248. The van der Waals surface area contributed by atoms with Crippen LogP contribution in [0.1, 0.15) is 24.5 Å². The maximum atomic E-state index is 11.9. The Morgan fingerprint density at radius 2 is 1.88 bits per heavy atom. The highest BCUT2D eigenvalue weighted by atomic mass is 16.1. The second-order valence-electron chi connectivity index (χ2n) is 4.47. The van der Waals surface area contributed by atoms with Crippen LogP contribution in [0.4, 0.5) is 0 Å². The number of fused-ring (bicyclic) bond motifs is 1. The Balaban J connectivity index is 0.000000686. The van der Waals surface area contributed by atoms with Gasteiger partial charge in [-0.25, -0.2) is 0 Å². The Labute approximate surface area is 104 Å². The predicted octanol–water partition coefficient (Wildman–Crippen LogP) is 1.55. The molecule has 0 saturated carbocycles. The molecule has 0 aromatic heterocycles. The van der Waals surface area contributed by atoms with Crippen LogP contribution in [0.2, 0.25) is 0 Å². The highest BCUT2D eigenvalue weighted by molar-refractivity contribution is 5.88. The summed E-state index contributed by atoms with van der Waals surface area (Å²) in [7, 11) is 5.48. The second-order valence-corrected chi connectivity index (χ2v) is 4.47. The van der Waals surface area contributed by atoms with Crippen molar-refractivity contribution in [2.45, 2.75) is 25.3 Å². The van der Waals surface area contributed by atoms with Crippen molar-refractivity contribution in [1.82, 2.24) is 4.90 Å². The summed E-state index contributed by atoms with van der Waals surface area (Å²) in [6, 6.07) is 8.28. The molecule has 17 heavy (non-hydrogen) atoms. The van der Waals surface area contributed by atoms with Crippen molar-refractivity contribution in [1.29, 1.82) is 0 Å². The lowest BCUT2D eigenvalue weighted by atomic mass is 9.86. The first-order chi connectivity index (χ1) is 8.09. The number of aryl methyl sites for hydroxylation is 1. The van der Waals surface area contributed by atoms with Crippen molar-refractivity contribution in [2.24, 2.45) is 5.73 Å². The predicted molar refractivity (Wildman–Crippen MR) is 70.9 cm³/mol. The van der Waals surface area contributed by atoms with Gasteiger partial charge in [-0.1, -0.05) is 24.3 Å². The van der Waals surface area contributed by atoms with E-state index in [4.69, 9.17) is 0 Å². The Kier molecular flexibility index (Phi) is 4.43. The molecule has 1 aromatic carbocycles. The van der Waals surface area contributed by atoms with Crippen LogP contribution >= 0.6 is 0 Å². The van der Waals surface area contributed by atoms with E-state index < -0.39 is 0 Å². The lowest BCUT2D eigenvalue weighted by Crippen LogP contribution is -2.45. The van der Waals surface area contributed by atoms with Crippen molar-refractivity contribution < 1.29 is 4.79 Å². The molecule has 0 amide bonds. The van der Waals surface area contributed by atoms with Gasteiger partial charge < -0.3 is 5.73 Å². The number of nitrogens with two attached hydrogens (primary N) is 1. The topological polar surface area (TPSA) is 46.3 Å². The average molecular weight is 234 g/mol. The van der Waals surface area contributed by atoms with Crippen LogP contribution in [0.3, 0.4) is 0 Å². The molecule has 0 aliphatic heterocycles. The summed E-state index contributed by atoms with van der Waals surface area (Å²) in [5.41, 5.74) is 6.64. The van der Waals surface area contributed by atoms with E-state index in [0.717, 1.165) is 12.8 Å². The van der Waals surface area contributed by atoms with Crippen LogP contribution in [0.15, 0.2) is 24.3 Å². The van der Waals surface area contributed by atoms with E-state index in [-0.39, 0.29) is 11.3 Å². The molecule has 0 fully saturated rings. The SMILES string of the molecule is CC(=O)C1(N(C)C)CCc2ccccc21.CN. The fourth-order valence-corrected chi connectivity index (χ4v) is 2.74. The standard InChI is InChI=1S/C13H17NO.CH5N/c1-10(15)13(14(2)3)9-8-11-6-4-5-7-12(11)13;1-2/h4-7H,8-9H2,1-3H3;2H2,1H3. The van der Waals surface area contributed by atoms with Gasteiger partial charge in [0.25, 0.3) is 0 Å². The van der Waals surface area contributed by atoms with Crippen molar-refractivity contribution >= 4 is 5.78 Å². The fraction of sp³-hybridized carbons (Fsp3) is 0.500. The van der Waals surface area contributed by atoms with Crippen LogP contribution in [-0.4, -0.2) is 31.8 Å². The first kappa shape index (κ1) is 13.9. The van der Waals surface area contributed by atoms with Crippen molar-refractivity contribution in [3.63, 3.8) is 0 Å². The summed E-state index contributed by atoms with van der Waals surface area (Å²) in [4.78, 5) is 14.0. The third-order valence-electron chi connectivity index (χ3n) is 3.56. The Hall–Kier alpha value is -1.19. The Bertz CT molecular complexity index is 401. The van der Waals surface area contributed by atoms with E-state index in [2.05, 4.69) is 22.8 Å². The molecule has 0 radical (unpaired) electrons. The van der Waals surface area contributed by atoms with Gasteiger partial charge in [-0.05, 0) is 52.0 Å². The molecule has 1 aliphatic rings. The lowest BCUT2D eigenvalue weighted by Gasteiger charge is -2.34. The molecule has 1 aromatic rings. The summed E-state index contributed by atoms with van der Waals surface area (Å²) < 4.78 is 0. The smallest absolute Gasteiger partial charge is 0.154 e. The van der Waals surface area contributed by atoms with Crippen LogP contribution in [0.25, 0.3) is 0 Å². The molecule has 1 aliphatic carbocycles. The molecule has 3 nitrogen and oxygen atoms in total. The van der Waals surface area contributed by atoms with Gasteiger partial charge in [-0.3, -0.25) is 9.69 Å². The van der Waals surface area contributed by atoms with Gasteiger partial charge in [-0.15, -0.1) is 0 Å². The number of benzene rings is 1. The molecule has 3 heteroatoms. The van der Waals surface area contributed by atoms with Gasteiger partial charge in [0.2, 0.25) is 0 Å². The first-order valence-electron chi connectivity index (χ1n) is 5.93. The summed E-state index contributed by atoms with van der Waals surface area (Å²) >= 11 is 0. The molecule has 0 spiro atoms. The number of likely N-dealkylation sites (N-methyl/N-ethyl adjacent to an activating group) is 1. The number of carbonyl (C=O) groups excluding carboxylic acids is 1. The molecule has 1 unspecified atom stereocenters. The number of ketones is 1. The number of nitrogens with zero attached hydrogens (tertiary/aromatic N) is 1. The minimum absolute atomic E-state index is 0.248. The van der Waals surface area contributed by atoms with E-state index in [1.54, 1.807) is 6.92 Å². The van der Waals surface area contributed by atoms with Gasteiger partial charge in [0, 0.05) is 0 Å². The molecular formula is C14H22N2O. The van der Waals surface area contributed by atoms with Gasteiger partial charge in [0.05, 0.1) is 0 Å². The van der Waals surface area contributed by atoms with Crippen LogP contribution in [0, 0.1) is 0 Å². The average Bonchev–Trinajstić information content (AvgIpc) is 2.72. The zero-order valence-electron chi connectivity index (χ0n) is 11.2. The first-order valence-corrected chi connectivity index (χ1v) is 5.93. The molecular weight excluding hydrogens is 212 g/mol. The molecule has 2 N–H and O–H groups in total. The number of carbonyl (C=O) groups is 1. The van der Waals surface area contributed by atoms with E-state index in [9.17, 15) is 4.79 Å². The van der Waals surface area contributed by atoms with Crippen LogP contribution in [-0.2, 0) is 16.8 Å². The highest BCUT2D eigenvalue weighted by Gasteiger charge is 2.44. The quantitative estimate of drug-likeness (QED) is 0.844. The summed E-state index contributed by atoms with van der Waals surface area (Å²) in [6.45, 7) is 1.70. The Morgan fingerprint density at radius 3 is 2.41 bits per heavy atom. The third-order valence-corrected chi connectivity index (χ3v) is 3.56. The Morgan fingerprint density at radius 1 is 1.29 bits per heavy atom. The zero-order valence-corrected chi connectivity index (χ0v) is 11.2. The highest BCUT2D eigenvalue weighted by Crippen LogP contribution is 2.40. The molecule has 2 rings (SSSR count). The molecule has 0 saturated heterocycles. The largest absolute Gasteiger partial charge is 0.333 e. The molecule has 94 valence electrons. The lowest BCUT2D eigenvalue weighted by molar-refractivity contribution is -0.128. The molecule has 1 atom stereocenters. The number of Topliss-reactive ketones (excluding diaryl/α,β-unsaturated/α-hetero) is 1. The van der Waals surface area contributed by atoms with Gasteiger partial charge in [-0.2, -0.15) is 0 Å². The minimum Gasteiger partial charge on any atom is -0.333 e. The fourth-order valence-electron chi connectivity index (χ4n) is 2.74. The van der Waals surface area contributed by atoms with Crippen molar-refractivity contribution in [3.8, 4) is 0 Å². The maximum absolute atomic E-state index is 11.9. The zero-order chi connectivity index (χ0) is 13.1. The van der Waals surface area contributed by atoms with Gasteiger partial charge in [0.15, 0.2) is 5.78 Å².